The molecule has 0 atom stereocenters. The first-order valence-corrected chi connectivity index (χ1v) is 5.52. The van der Waals surface area contributed by atoms with Crippen LogP contribution < -0.4 is 10.2 Å². The number of hydrogen-bond acceptors (Lipinski definition) is 3. The molecule has 14 heavy (non-hydrogen) atoms. The van der Waals surface area contributed by atoms with Crippen molar-refractivity contribution in [1.82, 2.24) is 9.88 Å². The first-order valence-electron chi connectivity index (χ1n) is 4.64. The number of rotatable bonds is 5. The van der Waals surface area contributed by atoms with Gasteiger partial charge in [-0.2, -0.15) is 0 Å². The number of thiazole rings is 1. The van der Waals surface area contributed by atoms with Crippen LogP contribution >= 0.6 is 11.3 Å². The number of amides is 1. The highest BCUT2D eigenvalue weighted by Gasteiger charge is 2.03. The lowest BCUT2D eigenvalue weighted by molar-refractivity contribution is -0.121. The average Bonchev–Trinajstić information content (AvgIpc) is 2.52. The first kappa shape index (κ1) is 11.0. The van der Waals surface area contributed by atoms with Gasteiger partial charge in [-0.1, -0.05) is 24.7 Å². The fraction of sp³-hybridized carbons (Fsp3) is 0.556. The quantitative estimate of drug-likeness (QED) is 0.738. The number of unbranched alkanes of at least 4 members (excludes halogenated alkanes) is 1. The standard InChI is InChI=1S/C9H14N2O2S/c1-2-3-4-10-8(12)7-11-5-6-14-9(11)13/h5-6H,2-4,7H2,1H3,(H,10,12). The Morgan fingerprint density at radius 2 is 2.43 bits per heavy atom. The summed E-state index contributed by atoms with van der Waals surface area (Å²) in [5.74, 6) is -0.0982. The average molecular weight is 214 g/mol. The molecule has 0 saturated carbocycles. The number of nitrogens with zero attached hydrogens (tertiary/aromatic N) is 1. The van der Waals surface area contributed by atoms with Crippen LogP contribution in [0, 0.1) is 0 Å². The van der Waals surface area contributed by atoms with Crippen molar-refractivity contribution in [3.63, 3.8) is 0 Å². The maximum atomic E-state index is 11.3. The summed E-state index contributed by atoms with van der Waals surface area (Å²) in [7, 11) is 0. The van der Waals surface area contributed by atoms with Crippen molar-refractivity contribution >= 4 is 17.2 Å². The molecule has 1 rings (SSSR count). The van der Waals surface area contributed by atoms with Crippen molar-refractivity contribution in [2.75, 3.05) is 6.54 Å². The molecule has 0 aromatic carbocycles. The molecule has 0 aliphatic carbocycles. The van der Waals surface area contributed by atoms with E-state index in [-0.39, 0.29) is 17.3 Å². The van der Waals surface area contributed by atoms with Gasteiger partial charge in [-0.05, 0) is 6.42 Å². The van der Waals surface area contributed by atoms with E-state index in [0.29, 0.717) is 6.54 Å². The highest BCUT2D eigenvalue weighted by atomic mass is 32.1. The zero-order chi connectivity index (χ0) is 10.4. The molecule has 1 N–H and O–H groups in total. The Hall–Kier alpha value is -1.10. The molecule has 1 aromatic heterocycles. The third-order valence-electron chi connectivity index (χ3n) is 1.81. The fourth-order valence-electron chi connectivity index (χ4n) is 1.02. The van der Waals surface area contributed by atoms with Crippen LogP contribution in [0.25, 0.3) is 0 Å². The number of aromatic nitrogens is 1. The predicted molar refractivity (Wildman–Crippen MR) is 56.5 cm³/mol. The minimum atomic E-state index is -0.0982. The van der Waals surface area contributed by atoms with Crippen LogP contribution in [0.3, 0.4) is 0 Å². The van der Waals surface area contributed by atoms with E-state index in [0.717, 1.165) is 24.2 Å². The van der Waals surface area contributed by atoms with Crippen molar-refractivity contribution in [1.29, 1.82) is 0 Å². The smallest absolute Gasteiger partial charge is 0.307 e. The van der Waals surface area contributed by atoms with Crippen LogP contribution in [0.15, 0.2) is 16.4 Å². The molecule has 78 valence electrons. The second kappa shape index (κ2) is 5.59. The van der Waals surface area contributed by atoms with Gasteiger partial charge in [-0.3, -0.25) is 14.2 Å². The summed E-state index contributed by atoms with van der Waals surface area (Å²) < 4.78 is 1.41. The van der Waals surface area contributed by atoms with Crippen LogP contribution in [-0.4, -0.2) is 17.0 Å². The van der Waals surface area contributed by atoms with Gasteiger partial charge in [0.15, 0.2) is 0 Å². The molecule has 0 aliphatic rings. The van der Waals surface area contributed by atoms with Crippen LogP contribution in [0.2, 0.25) is 0 Å². The summed E-state index contributed by atoms with van der Waals surface area (Å²) in [5.41, 5.74) is 0. The molecule has 0 aliphatic heterocycles. The summed E-state index contributed by atoms with van der Waals surface area (Å²) in [6.07, 6.45) is 3.66. The SMILES string of the molecule is CCCCNC(=O)Cn1ccsc1=O. The van der Waals surface area contributed by atoms with E-state index >= 15 is 0 Å². The number of hydrogen-bond donors (Lipinski definition) is 1. The van der Waals surface area contributed by atoms with E-state index in [9.17, 15) is 9.59 Å². The predicted octanol–water partition coefficient (Wildman–Crippen LogP) is 0.826. The molecule has 1 heterocycles. The third kappa shape index (κ3) is 3.33. The lowest BCUT2D eigenvalue weighted by Crippen LogP contribution is -2.30. The van der Waals surface area contributed by atoms with Crippen molar-refractivity contribution in [3.8, 4) is 0 Å². The van der Waals surface area contributed by atoms with Crippen molar-refractivity contribution in [2.24, 2.45) is 0 Å². The van der Waals surface area contributed by atoms with Crippen molar-refractivity contribution in [3.05, 3.63) is 21.2 Å². The highest BCUT2D eigenvalue weighted by Crippen LogP contribution is 1.89. The van der Waals surface area contributed by atoms with E-state index < -0.39 is 0 Å². The summed E-state index contributed by atoms with van der Waals surface area (Å²) in [5, 5.41) is 4.44. The minimum absolute atomic E-state index is 0.0874. The Morgan fingerprint density at radius 1 is 1.64 bits per heavy atom. The monoisotopic (exact) mass is 214 g/mol. The van der Waals surface area contributed by atoms with Crippen LogP contribution in [-0.2, 0) is 11.3 Å². The van der Waals surface area contributed by atoms with Crippen LogP contribution in [0.4, 0.5) is 0 Å². The van der Waals surface area contributed by atoms with Crippen molar-refractivity contribution < 1.29 is 4.79 Å². The largest absolute Gasteiger partial charge is 0.355 e. The van der Waals surface area contributed by atoms with Gasteiger partial charge in [0.25, 0.3) is 0 Å². The van der Waals surface area contributed by atoms with E-state index in [4.69, 9.17) is 0 Å². The van der Waals surface area contributed by atoms with E-state index in [1.807, 2.05) is 0 Å². The molecule has 5 heteroatoms. The van der Waals surface area contributed by atoms with Gasteiger partial charge in [0.2, 0.25) is 5.91 Å². The molecule has 0 unspecified atom stereocenters. The molecule has 0 saturated heterocycles. The first-order chi connectivity index (χ1) is 6.74. The van der Waals surface area contributed by atoms with Crippen LogP contribution in [0.1, 0.15) is 19.8 Å². The highest BCUT2D eigenvalue weighted by molar-refractivity contribution is 7.07. The zero-order valence-corrected chi connectivity index (χ0v) is 8.97. The molecule has 4 nitrogen and oxygen atoms in total. The molecule has 1 amide bonds. The lowest BCUT2D eigenvalue weighted by atomic mass is 10.3. The van der Waals surface area contributed by atoms with Gasteiger partial charge >= 0.3 is 4.87 Å². The fourth-order valence-corrected chi connectivity index (χ4v) is 1.61. The van der Waals surface area contributed by atoms with Crippen molar-refractivity contribution in [2.45, 2.75) is 26.3 Å². The van der Waals surface area contributed by atoms with Gasteiger partial charge < -0.3 is 5.32 Å². The maximum Gasteiger partial charge on any atom is 0.307 e. The third-order valence-corrected chi connectivity index (χ3v) is 2.50. The Kier molecular flexibility index (Phi) is 4.39. The Bertz CT molecular complexity index is 343. The zero-order valence-electron chi connectivity index (χ0n) is 8.16. The van der Waals surface area contributed by atoms with E-state index in [1.54, 1.807) is 11.6 Å². The van der Waals surface area contributed by atoms with E-state index in [1.165, 1.54) is 4.57 Å². The van der Waals surface area contributed by atoms with Crippen LogP contribution in [0.5, 0.6) is 0 Å². The second-order valence-corrected chi connectivity index (χ2v) is 3.86. The van der Waals surface area contributed by atoms with Gasteiger partial charge in [-0.25, -0.2) is 0 Å². The summed E-state index contributed by atoms with van der Waals surface area (Å²) >= 11 is 1.10. The van der Waals surface area contributed by atoms with Gasteiger partial charge in [0, 0.05) is 18.1 Å². The van der Waals surface area contributed by atoms with Gasteiger partial charge in [-0.15, -0.1) is 0 Å². The maximum absolute atomic E-state index is 11.3. The summed E-state index contributed by atoms with van der Waals surface area (Å²) in [6, 6.07) is 0. The number of carbonyl (C=O) groups is 1. The van der Waals surface area contributed by atoms with E-state index in [2.05, 4.69) is 12.2 Å². The normalized spacial score (nSPS) is 10.1. The minimum Gasteiger partial charge on any atom is -0.355 e. The Balaban J connectivity index is 2.34. The van der Waals surface area contributed by atoms with Gasteiger partial charge in [0.05, 0.1) is 0 Å². The molecule has 0 fully saturated rings. The Morgan fingerprint density at radius 3 is 3.00 bits per heavy atom. The molecule has 0 bridgehead atoms. The summed E-state index contributed by atoms with van der Waals surface area (Å²) in [6.45, 7) is 2.88. The lowest BCUT2D eigenvalue weighted by Gasteiger charge is -2.03. The molecule has 0 radical (unpaired) electrons. The second-order valence-electron chi connectivity index (χ2n) is 3.00. The Labute approximate surface area is 86.6 Å². The summed E-state index contributed by atoms with van der Waals surface area (Å²) in [4.78, 5) is 22.3. The molecular weight excluding hydrogens is 200 g/mol. The molecular formula is C9H14N2O2S. The molecule has 0 spiro atoms. The number of nitrogens with one attached hydrogen (secondary N) is 1. The van der Waals surface area contributed by atoms with Gasteiger partial charge in [0.1, 0.15) is 6.54 Å². The molecule has 1 aromatic rings. The number of carbonyl (C=O) groups excluding carboxylic acids is 1. The topological polar surface area (TPSA) is 51.1 Å².